The summed E-state index contributed by atoms with van der Waals surface area (Å²) in [7, 11) is 0. The van der Waals surface area contributed by atoms with Crippen LogP contribution in [0.15, 0.2) is 78.9 Å². The number of hydrogen-bond donors (Lipinski definition) is 1. The topological polar surface area (TPSA) is 60.5 Å². The molecular weight excluding hydrogens is 424 g/mol. The number of nitrogens with one attached hydrogen (secondary N) is 1. The van der Waals surface area contributed by atoms with Crippen molar-refractivity contribution in [3.05, 3.63) is 95.7 Å². The Hall–Kier alpha value is -3.54. The van der Waals surface area contributed by atoms with Crippen molar-refractivity contribution in [1.82, 2.24) is 4.98 Å². The second-order valence-corrected chi connectivity index (χ2v) is 8.11. The van der Waals surface area contributed by atoms with E-state index in [0.717, 1.165) is 44.5 Å². The van der Waals surface area contributed by atoms with Crippen molar-refractivity contribution in [1.29, 1.82) is 0 Å². The molecule has 0 aliphatic rings. The second kappa shape index (κ2) is 11.5. The molecule has 174 valence electrons. The zero-order valence-electron chi connectivity index (χ0n) is 19.7. The van der Waals surface area contributed by atoms with Crippen LogP contribution in [0.25, 0.3) is 22.0 Å². The Morgan fingerprint density at radius 2 is 1.68 bits per heavy atom. The van der Waals surface area contributed by atoms with Gasteiger partial charge in [-0.1, -0.05) is 60.7 Å². The summed E-state index contributed by atoms with van der Waals surface area (Å²) in [5.41, 5.74) is 6.64. The molecule has 1 amide bonds. The number of pyridine rings is 1. The molecule has 1 heterocycles. The number of fused-ring (bicyclic) bond motifs is 1. The van der Waals surface area contributed by atoms with Crippen LogP contribution in [0.5, 0.6) is 0 Å². The standard InChI is InChI=1S/C29H30N2O3/c1-3-33-16-17-34-20-22-10-9-13-24(18-22)31-28(32)19-26-21(2)30-27-15-8-7-14-25(27)29(26)23-11-5-4-6-12-23/h4-15,18H,3,16-17,19-20H2,1-2H3,(H,31,32). The molecule has 0 aliphatic heterocycles. The highest BCUT2D eigenvalue weighted by molar-refractivity contribution is 6.00. The number of aryl methyl sites for hydroxylation is 1. The predicted molar refractivity (Wildman–Crippen MR) is 137 cm³/mol. The van der Waals surface area contributed by atoms with Gasteiger partial charge in [0.05, 0.1) is 31.8 Å². The molecule has 0 atom stereocenters. The Morgan fingerprint density at radius 3 is 2.50 bits per heavy atom. The van der Waals surface area contributed by atoms with Crippen molar-refractivity contribution >= 4 is 22.5 Å². The van der Waals surface area contributed by atoms with Gasteiger partial charge in [-0.05, 0) is 54.3 Å². The average molecular weight is 455 g/mol. The molecule has 0 saturated carbocycles. The van der Waals surface area contributed by atoms with Gasteiger partial charge < -0.3 is 14.8 Å². The number of para-hydroxylation sites is 1. The van der Waals surface area contributed by atoms with Crippen LogP contribution in [0.2, 0.25) is 0 Å². The number of nitrogens with zero attached hydrogens (tertiary/aromatic N) is 1. The summed E-state index contributed by atoms with van der Waals surface area (Å²) in [6.07, 6.45) is 0.239. The van der Waals surface area contributed by atoms with Gasteiger partial charge in [0.1, 0.15) is 0 Å². The number of benzene rings is 3. The fourth-order valence-electron chi connectivity index (χ4n) is 4.08. The SMILES string of the molecule is CCOCCOCc1cccc(NC(=O)Cc2c(C)nc3ccccc3c2-c2ccccc2)c1. The molecule has 4 aromatic rings. The van der Waals surface area contributed by atoms with E-state index in [-0.39, 0.29) is 12.3 Å². The van der Waals surface area contributed by atoms with Gasteiger partial charge >= 0.3 is 0 Å². The number of rotatable bonds is 10. The first kappa shape index (κ1) is 23.6. The van der Waals surface area contributed by atoms with Gasteiger partial charge in [-0.25, -0.2) is 0 Å². The number of ether oxygens (including phenoxy) is 2. The third kappa shape index (κ3) is 5.87. The minimum Gasteiger partial charge on any atom is -0.379 e. The van der Waals surface area contributed by atoms with E-state index in [1.807, 2.05) is 74.5 Å². The van der Waals surface area contributed by atoms with Gasteiger partial charge in [0.25, 0.3) is 0 Å². The maximum Gasteiger partial charge on any atom is 0.228 e. The predicted octanol–water partition coefficient (Wildman–Crippen LogP) is 5.94. The summed E-state index contributed by atoms with van der Waals surface area (Å²) in [5, 5.41) is 4.10. The first-order valence-corrected chi connectivity index (χ1v) is 11.6. The lowest BCUT2D eigenvalue weighted by atomic mass is 9.92. The number of carbonyl (C=O) groups excluding carboxylic acids is 1. The number of hydrogen-bond acceptors (Lipinski definition) is 4. The normalized spacial score (nSPS) is 11.0. The van der Waals surface area contributed by atoms with Crippen molar-refractivity contribution < 1.29 is 14.3 Å². The number of aromatic nitrogens is 1. The summed E-state index contributed by atoms with van der Waals surface area (Å²) in [5.74, 6) is -0.0771. The molecule has 1 aromatic heterocycles. The largest absolute Gasteiger partial charge is 0.379 e. The van der Waals surface area contributed by atoms with Crippen molar-refractivity contribution in [3.8, 4) is 11.1 Å². The highest BCUT2D eigenvalue weighted by atomic mass is 16.5. The highest BCUT2D eigenvalue weighted by Gasteiger charge is 2.17. The quantitative estimate of drug-likeness (QED) is 0.301. The molecule has 0 fully saturated rings. The third-order valence-corrected chi connectivity index (χ3v) is 5.66. The van der Waals surface area contributed by atoms with Gasteiger partial charge in [0.15, 0.2) is 0 Å². The smallest absolute Gasteiger partial charge is 0.228 e. The van der Waals surface area contributed by atoms with E-state index >= 15 is 0 Å². The maximum atomic E-state index is 13.1. The molecule has 1 N–H and O–H groups in total. The van der Waals surface area contributed by atoms with Gasteiger partial charge in [-0.15, -0.1) is 0 Å². The first-order valence-electron chi connectivity index (χ1n) is 11.6. The molecule has 0 saturated heterocycles. The Bertz CT molecular complexity index is 1250. The zero-order chi connectivity index (χ0) is 23.8. The van der Waals surface area contributed by atoms with E-state index < -0.39 is 0 Å². The Kier molecular flexibility index (Phi) is 8.02. The van der Waals surface area contributed by atoms with Crippen LogP contribution in [-0.2, 0) is 27.3 Å². The van der Waals surface area contributed by atoms with E-state index in [4.69, 9.17) is 14.5 Å². The third-order valence-electron chi connectivity index (χ3n) is 5.66. The van der Waals surface area contributed by atoms with Crippen molar-refractivity contribution in [2.24, 2.45) is 0 Å². The number of amides is 1. The molecular formula is C29H30N2O3. The summed E-state index contributed by atoms with van der Waals surface area (Å²) >= 11 is 0. The Balaban J connectivity index is 1.54. The van der Waals surface area contributed by atoms with Crippen LogP contribution in [0.3, 0.4) is 0 Å². The lowest BCUT2D eigenvalue weighted by Crippen LogP contribution is -2.16. The molecule has 4 rings (SSSR count). The first-order chi connectivity index (χ1) is 16.7. The monoisotopic (exact) mass is 454 g/mol. The van der Waals surface area contributed by atoms with E-state index in [0.29, 0.717) is 26.4 Å². The van der Waals surface area contributed by atoms with Gasteiger partial charge in [0, 0.05) is 23.4 Å². The molecule has 0 spiro atoms. The number of carbonyl (C=O) groups is 1. The highest BCUT2D eigenvalue weighted by Crippen LogP contribution is 2.33. The minimum absolute atomic E-state index is 0.0771. The Morgan fingerprint density at radius 1 is 0.912 bits per heavy atom. The summed E-state index contributed by atoms with van der Waals surface area (Å²) in [6.45, 7) is 6.22. The minimum atomic E-state index is -0.0771. The fourth-order valence-corrected chi connectivity index (χ4v) is 4.08. The van der Waals surface area contributed by atoms with Crippen LogP contribution in [-0.4, -0.2) is 30.7 Å². The van der Waals surface area contributed by atoms with Gasteiger partial charge in [-0.3, -0.25) is 9.78 Å². The van der Waals surface area contributed by atoms with Crippen molar-refractivity contribution in [3.63, 3.8) is 0 Å². The van der Waals surface area contributed by atoms with E-state index in [1.165, 1.54) is 0 Å². The lowest BCUT2D eigenvalue weighted by Gasteiger charge is -2.16. The molecule has 0 bridgehead atoms. The van der Waals surface area contributed by atoms with Gasteiger partial charge in [0.2, 0.25) is 5.91 Å². The summed E-state index contributed by atoms with van der Waals surface area (Å²) < 4.78 is 10.9. The molecule has 5 heteroatoms. The van der Waals surface area contributed by atoms with Gasteiger partial charge in [-0.2, -0.15) is 0 Å². The lowest BCUT2D eigenvalue weighted by molar-refractivity contribution is -0.115. The molecule has 34 heavy (non-hydrogen) atoms. The zero-order valence-corrected chi connectivity index (χ0v) is 19.7. The molecule has 0 aliphatic carbocycles. The van der Waals surface area contributed by atoms with E-state index in [2.05, 4.69) is 23.5 Å². The average Bonchev–Trinajstić information content (AvgIpc) is 2.85. The summed E-state index contributed by atoms with van der Waals surface area (Å²) in [6, 6.07) is 26.0. The summed E-state index contributed by atoms with van der Waals surface area (Å²) in [4.78, 5) is 17.9. The molecule has 0 radical (unpaired) electrons. The molecule has 0 unspecified atom stereocenters. The molecule has 5 nitrogen and oxygen atoms in total. The molecule has 3 aromatic carbocycles. The van der Waals surface area contributed by atoms with E-state index in [9.17, 15) is 4.79 Å². The Labute approximate surface area is 200 Å². The van der Waals surface area contributed by atoms with Crippen LogP contribution in [0, 0.1) is 6.92 Å². The van der Waals surface area contributed by atoms with Crippen LogP contribution in [0.4, 0.5) is 5.69 Å². The van der Waals surface area contributed by atoms with Crippen LogP contribution in [0.1, 0.15) is 23.7 Å². The maximum absolute atomic E-state index is 13.1. The van der Waals surface area contributed by atoms with Crippen LogP contribution >= 0.6 is 0 Å². The number of anilines is 1. The second-order valence-electron chi connectivity index (χ2n) is 8.11. The van der Waals surface area contributed by atoms with Crippen LogP contribution < -0.4 is 5.32 Å². The van der Waals surface area contributed by atoms with E-state index in [1.54, 1.807) is 0 Å². The van der Waals surface area contributed by atoms with Crippen molar-refractivity contribution in [2.75, 3.05) is 25.1 Å². The van der Waals surface area contributed by atoms with Crippen molar-refractivity contribution in [2.45, 2.75) is 26.9 Å². The fraction of sp³-hybridized carbons (Fsp3) is 0.241.